The zero-order chi connectivity index (χ0) is 40.0. The van der Waals surface area contributed by atoms with E-state index in [0.717, 1.165) is 86.7 Å². The quantitative estimate of drug-likeness (QED) is 0.0966. The Balaban J connectivity index is 0.774. The summed E-state index contributed by atoms with van der Waals surface area (Å²) in [7, 11) is 0. The fraction of sp³-hybridized carbons (Fsp3) is 0.396. The van der Waals surface area contributed by atoms with Crippen molar-refractivity contribution in [3.63, 3.8) is 0 Å². The molecule has 10 heteroatoms. The highest BCUT2D eigenvalue weighted by Crippen LogP contribution is 2.36. The molecule has 10 nitrogen and oxygen atoms in total. The number of ether oxygens (including phenoxy) is 1. The molecule has 4 aliphatic heterocycles. The number of imide groups is 1. The van der Waals surface area contributed by atoms with Crippen LogP contribution in [0.3, 0.4) is 0 Å². The van der Waals surface area contributed by atoms with Crippen molar-refractivity contribution in [3.8, 4) is 11.5 Å². The fourth-order valence-electron chi connectivity index (χ4n) is 9.28. The van der Waals surface area contributed by atoms with Crippen LogP contribution in [0, 0.1) is 5.92 Å². The minimum atomic E-state index is -0.603. The van der Waals surface area contributed by atoms with Gasteiger partial charge in [0.05, 0.1) is 0 Å². The number of amides is 3. The predicted octanol–water partition coefficient (Wildman–Crippen LogP) is 7.19. The van der Waals surface area contributed by atoms with Gasteiger partial charge < -0.3 is 25.0 Å². The molecule has 0 radical (unpaired) electrons. The van der Waals surface area contributed by atoms with Gasteiger partial charge in [-0.2, -0.15) is 0 Å². The highest BCUT2D eigenvalue weighted by atomic mass is 16.5. The van der Waals surface area contributed by atoms with Gasteiger partial charge in [-0.1, -0.05) is 67.6 Å². The van der Waals surface area contributed by atoms with Gasteiger partial charge in [0.1, 0.15) is 24.1 Å². The molecule has 4 aliphatic rings. The number of nitrogens with one attached hydrogen (secondary N) is 2. The second-order valence-corrected chi connectivity index (χ2v) is 16.2. The van der Waals surface area contributed by atoms with Gasteiger partial charge in [-0.15, -0.1) is 0 Å². The standard InChI is InChI=1S/C48H55N5O5/c1-2-40(34-7-4-3-5-8-34)46(35-11-15-38(54)16-12-35)36-13-17-39(18-14-36)58-30-29-51-25-21-33(22-26-51)31-52-27-23-37(24-28-52)49-43-10-6-9-41-42(43)32-53(48(41)57)44-19-20-45(55)50-47(44)56/h3-18,33,37,44,49,54H,2,19-32H2,1H3,(H,50,55,56)/b46-40-. The Hall–Kier alpha value is -5.45. The summed E-state index contributed by atoms with van der Waals surface area (Å²) in [6, 6.07) is 32.0. The van der Waals surface area contributed by atoms with Crippen LogP contribution in [0.5, 0.6) is 11.5 Å². The summed E-state index contributed by atoms with van der Waals surface area (Å²) >= 11 is 0. The second kappa shape index (κ2) is 18.0. The molecule has 58 heavy (non-hydrogen) atoms. The number of likely N-dealkylation sites (tertiary alicyclic amines) is 2. The number of phenols is 1. The predicted molar refractivity (Wildman–Crippen MR) is 227 cm³/mol. The van der Waals surface area contributed by atoms with Crippen LogP contribution in [-0.2, 0) is 16.1 Å². The number of hydrogen-bond donors (Lipinski definition) is 3. The van der Waals surface area contributed by atoms with Gasteiger partial charge >= 0.3 is 0 Å². The van der Waals surface area contributed by atoms with Gasteiger partial charge in [-0.05, 0) is 122 Å². The minimum absolute atomic E-state index is 0.133. The first-order valence-electron chi connectivity index (χ1n) is 21.1. The van der Waals surface area contributed by atoms with Crippen LogP contribution in [0.4, 0.5) is 5.69 Å². The minimum Gasteiger partial charge on any atom is -0.508 e. The Morgan fingerprint density at radius 3 is 2.16 bits per heavy atom. The molecule has 4 heterocycles. The zero-order valence-electron chi connectivity index (χ0n) is 33.5. The van der Waals surface area contributed by atoms with Crippen molar-refractivity contribution in [1.29, 1.82) is 0 Å². The first kappa shape index (κ1) is 39.4. The lowest BCUT2D eigenvalue weighted by Crippen LogP contribution is -2.52. The van der Waals surface area contributed by atoms with E-state index in [1.54, 1.807) is 17.0 Å². The van der Waals surface area contributed by atoms with E-state index in [4.69, 9.17) is 4.74 Å². The first-order chi connectivity index (χ1) is 28.3. The van der Waals surface area contributed by atoms with E-state index in [0.29, 0.717) is 37.1 Å². The molecule has 0 bridgehead atoms. The maximum atomic E-state index is 13.3. The lowest BCUT2D eigenvalue weighted by molar-refractivity contribution is -0.136. The maximum Gasteiger partial charge on any atom is 0.255 e. The number of fused-ring (bicyclic) bond motifs is 1. The molecule has 0 aliphatic carbocycles. The van der Waals surface area contributed by atoms with E-state index in [9.17, 15) is 19.5 Å². The van der Waals surface area contributed by atoms with Crippen LogP contribution in [0.2, 0.25) is 0 Å². The molecule has 3 saturated heterocycles. The molecule has 3 amide bonds. The summed E-state index contributed by atoms with van der Waals surface area (Å²) in [4.78, 5) is 44.3. The number of anilines is 1. The molecule has 3 N–H and O–H groups in total. The zero-order valence-corrected chi connectivity index (χ0v) is 33.5. The third-order valence-electron chi connectivity index (χ3n) is 12.5. The maximum absolute atomic E-state index is 13.3. The lowest BCUT2D eigenvalue weighted by atomic mass is 9.88. The van der Waals surface area contributed by atoms with Crippen molar-refractivity contribution < 1.29 is 24.2 Å². The van der Waals surface area contributed by atoms with E-state index in [2.05, 4.69) is 75.9 Å². The molecule has 0 spiro atoms. The topological polar surface area (TPSA) is 114 Å². The van der Waals surface area contributed by atoms with E-state index >= 15 is 0 Å². The highest BCUT2D eigenvalue weighted by molar-refractivity contribution is 6.06. The number of piperidine rings is 3. The van der Waals surface area contributed by atoms with Crippen molar-refractivity contribution in [3.05, 3.63) is 125 Å². The summed E-state index contributed by atoms with van der Waals surface area (Å²) in [6.07, 6.45) is 6.01. The largest absolute Gasteiger partial charge is 0.508 e. The van der Waals surface area contributed by atoms with Crippen molar-refractivity contribution in [1.82, 2.24) is 20.0 Å². The Morgan fingerprint density at radius 1 is 0.776 bits per heavy atom. The number of benzene rings is 4. The molecule has 4 aromatic carbocycles. The van der Waals surface area contributed by atoms with Gasteiger partial charge in [0, 0.05) is 62.0 Å². The number of aromatic hydroxyl groups is 1. The number of nitrogens with zero attached hydrogens (tertiary/aromatic N) is 3. The van der Waals surface area contributed by atoms with Crippen LogP contribution in [-0.4, -0.2) is 95.5 Å². The van der Waals surface area contributed by atoms with Crippen LogP contribution >= 0.6 is 0 Å². The third-order valence-corrected chi connectivity index (χ3v) is 12.5. The number of carbonyl (C=O) groups is 3. The molecule has 3 fully saturated rings. The van der Waals surface area contributed by atoms with E-state index in [1.165, 1.54) is 29.6 Å². The van der Waals surface area contributed by atoms with E-state index in [1.807, 2.05) is 36.4 Å². The lowest BCUT2D eigenvalue weighted by Gasteiger charge is -2.38. The van der Waals surface area contributed by atoms with Gasteiger partial charge in [0.15, 0.2) is 0 Å². The Morgan fingerprint density at radius 2 is 1.47 bits per heavy atom. The molecular formula is C48H55N5O5. The summed E-state index contributed by atoms with van der Waals surface area (Å²) in [5, 5.41) is 16.1. The molecular weight excluding hydrogens is 727 g/mol. The van der Waals surface area contributed by atoms with E-state index < -0.39 is 6.04 Å². The van der Waals surface area contributed by atoms with Gasteiger partial charge in [0.2, 0.25) is 11.8 Å². The molecule has 302 valence electrons. The Labute approximate surface area is 341 Å². The highest BCUT2D eigenvalue weighted by Gasteiger charge is 2.40. The Bertz CT molecular complexity index is 2100. The normalized spacial score (nSPS) is 20.1. The van der Waals surface area contributed by atoms with Crippen LogP contribution in [0.1, 0.15) is 84.5 Å². The average molecular weight is 782 g/mol. The number of rotatable bonds is 13. The first-order valence-corrected chi connectivity index (χ1v) is 21.1. The smallest absolute Gasteiger partial charge is 0.255 e. The number of phenolic OH excluding ortho intramolecular Hbond substituents is 1. The monoisotopic (exact) mass is 781 g/mol. The molecule has 0 saturated carbocycles. The average Bonchev–Trinajstić information content (AvgIpc) is 3.58. The van der Waals surface area contributed by atoms with E-state index in [-0.39, 0.29) is 29.9 Å². The van der Waals surface area contributed by atoms with Gasteiger partial charge in [-0.25, -0.2) is 0 Å². The molecule has 8 rings (SSSR count). The van der Waals surface area contributed by atoms with Crippen molar-refractivity contribution in [2.24, 2.45) is 5.92 Å². The van der Waals surface area contributed by atoms with Crippen molar-refractivity contribution in [2.45, 2.75) is 70.5 Å². The summed E-state index contributed by atoms with van der Waals surface area (Å²) < 4.78 is 6.26. The molecule has 0 aromatic heterocycles. The summed E-state index contributed by atoms with van der Waals surface area (Å²) in [5.41, 5.74) is 8.41. The van der Waals surface area contributed by atoms with Gasteiger partial charge in [0.25, 0.3) is 5.91 Å². The fourth-order valence-corrected chi connectivity index (χ4v) is 9.28. The number of hydrogen-bond acceptors (Lipinski definition) is 8. The van der Waals surface area contributed by atoms with Crippen LogP contribution in [0.15, 0.2) is 97.1 Å². The SMILES string of the molecule is CC/C(=C(\c1ccc(O)cc1)c1ccc(OCCN2CCC(CN3CCC(Nc4cccc5c4CN(C4CCC(=O)NC4=O)C5=O)CC3)CC2)cc1)c1ccccc1. The second-order valence-electron chi connectivity index (χ2n) is 16.2. The molecule has 4 aromatic rings. The summed E-state index contributed by atoms with van der Waals surface area (Å²) in [5.74, 6) is 1.06. The van der Waals surface area contributed by atoms with Crippen LogP contribution in [0.25, 0.3) is 11.1 Å². The third kappa shape index (κ3) is 8.98. The molecule has 1 atom stereocenters. The van der Waals surface area contributed by atoms with Crippen molar-refractivity contribution in [2.75, 3.05) is 51.2 Å². The summed E-state index contributed by atoms with van der Waals surface area (Å²) in [6.45, 7) is 9.59. The number of allylic oxidation sites excluding steroid dienone is 1. The number of carbonyl (C=O) groups excluding carboxylic acids is 3. The Kier molecular flexibility index (Phi) is 12.2. The van der Waals surface area contributed by atoms with Gasteiger partial charge in [-0.3, -0.25) is 24.6 Å². The molecule has 1 unspecified atom stereocenters. The van der Waals surface area contributed by atoms with Crippen molar-refractivity contribution >= 4 is 34.6 Å². The van der Waals surface area contributed by atoms with Crippen LogP contribution < -0.4 is 15.4 Å².